The fourth-order valence-corrected chi connectivity index (χ4v) is 3.05. The van der Waals surface area contributed by atoms with Crippen LogP contribution < -0.4 is 15.2 Å². The molecule has 20 heavy (non-hydrogen) atoms. The highest BCUT2D eigenvalue weighted by Crippen LogP contribution is 2.25. The van der Waals surface area contributed by atoms with Gasteiger partial charge in [0, 0.05) is 5.69 Å². The first kappa shape index (κ1) is 14.2. The largest absolute Gasteiger partial charge is 0.495 e. The first-order chi connectivity index (χ1) is 9.52. The van der Waals surface area contributed by atoms with E-state index in [-0.39, 0.29) is 5.75 Å². The van der Waals surface area contributed by atoms with E-state index in [0.29, 0.717) is 22.7 Å². The Balaban J connectivity index is 2.22. The Labute approximate surface area is 118 Å². The normalized spacial score (nSPS) is 11.1. The summed E-state index contributed by atoms with van der Waals surface area (Å²) in [4.78, 5) is 0. The third-order valence-electron chi connectivity index (χ3n) is 2.77. The molecule has 0 amide bonds. The van der Waals surface area contributed by atoms with Crippen molar-refractivity contribution in [1.82, 2.24) is 0 Å². The molecule has 0 aliphatic rings. The van der Waals surface area contributed by atoms with Crippen LogP contribution >= 0.6 is 0 Å². The predicted octanol–water partition coefficient (Wildman–Crippen LogP) is 2.22. The highest BCUT2D eigenvalue weighted by Gasteiger charge is 2.15. The molecule has 106 valence electrons. The number of ether oxygens (including phenoxy) is 1. The van der Waals surface area contributed by atoms with E-state index in [1.54, 1.807) is 48.5 Å². The van der Waals surface area contributed by atoms with Crippen LogP contribution in [0, 0.1) is 0 Å². The molecular formula is C14H16N2O3S. The lowest BCUT2D eigenvalue weighted by atomic mass is 10.2. The first-order valence-electron chi connectivity index (χ1n) is 5.99. The molecule has 0 spiro atoms. The molecule has 0 atom stereocenters. The highest BCUT2D eigenvalue weighted by molar-refractivity contribution is 7.91. The van der Waals surface area contributed by atoms with Gasteiger partial charge in [-0.1, -0.05) is 30.3 Å². The Hall–Kier alpha value is -2.21. The zero-order valence-corrected chi connectivity index (χ0v) is 11.9. The van der Waals surface area contributed by atoms with E-state index in [9.17, 15) is 8.42 Å². The van der Waals surface area contributed by atoms with Gasteiger partial charge in [0.25, 0.3) is 0 Å². The van der Waals surface area contributed by atoms with Gasteiger partial charge in [-0.3, -0.25) is 4.72 Å². The number of rotatable bonds is 5. The third kappa shape index (κ3) is 3.42. The fourth-order valence-electron chi connectivity index (χ4n) is 1.80. The van der Waals surface area contributed by atoms with Crippen molar-refractivity contribution in [2.45, 2.75) is 5.75 Å². The third-order valence-corrected chi connectivity index (χ3v) is 4.00. The van der Waals surface area contributed by atoms with Gasteiger partial charge >= 0.3 is 0 Å². The van der Waals surface area contributed by atoms with E-state index < -0.39 is 10.0 Å². The van der Waals surface area contributed by atoms with E-state index >= 15 is 0 Å². The number of hydrogen-bond acceptors (Lipinski definition) is 4. The maximum Gasteiger partial charge on any atom is 0.237 e. The molecule has 0 fully saturated rings. The number of anilines is 2. The predicted molar refractivity (Wildman–Crippen MR) is 80.1 cm³/mol. The maximum atomic E-state index is 12.2. The molecule has 0 bridgehead atoms. The molecule has 2 rings (SSSR count). The van der Waals surface area contributed by atoms with E-state index in [0.717, 1.165) is 0 Å². The average molecular weight is 292 g/mol. The van der Waals surface area contributed by atoms with Crippen molar-refractivity contribution in [2.75, 3.05) is 17.6 Å². The Morgan fingerprint density at radius 2 is 1.75 bits per heavy atom. The van der Waals surface area contributed by atoms with Crippen molar-refractivity contribution in [3.05, 3.63) is 54.1 Å². The van der Waals surface area contributed by atoms with E-state index in [1.165, 1.54) is 7.11 Å². The second-order valence-electron chi connectivity index (χ2n) is 4.26. The number of hydrogen-bond donors (Lipinski definition) is 2. The smallest absolute Gasteiger partial charge is 0.237 e. The molecule has 2 aromatic rings. The van der Waals surface area contributed by atoms with Gasteiger partial charge in [0.05, 0.1) is 18.6 Å². The van der Waals surface area contributed by atoms with E-state index in [4.69, 9.17) is 10.5 Å². The minimum Gasteiger partial charge on any atom is -0.495 e. The summed E-state index contributed by atoms with van der Waals surface area (Å²) in [6, 6.07) is 13.7. The Morgan fingerprint density at radius 3 is 2.45 bits per heavy atom. The number of nitrogen functional groups attached to an aromatic ring is 1. The Bertz CT molecular complexity index is 699. The van der Waals surface area contributed by atoms with Crippen molar-refractivity contribution in [3.63, 3.8) is 0 Å². The standard InChI is InChI=1S/C14H16N2O3S/c1-19-14-9-5-4-8-13(14)16-20(17,18)10-11-6-2-3-7-12(11)15/h2-9,16H,10,15H2,1H3. The second kappa shape index (κ2) is 5.83. The summed E-state index contributed by atoms with van der Waals surface area (Å²) in [5, 5.41) is 0. The van der Waals surface area contributed by atoms with E-state index in [2.05, 4.69) is 4.72 Å². The van der Waals surface area contributed by atoms with Gasteiger partial charge in [0.1, 0.15) is 5.75 Å². The molecular weight excluding hydrogens is 276 g/mol. The quantitative estimate of drug-likeness (QED) is 0.828. The number of nitrogens with two attached hydrogens (primary N) is 1. The highest BCUT2D eigenvalue weighted by atomic mass is 32.2. The lowest BCUT2D eigenvalue weighted by Crippen LogP contribution is -2.16. The van der Waals surface area contributed by atoms with Crippen LogP contribution in [0.25, 0.3) is 0 Å². The summed E-state index contributed by atoms with van der Waals surface area (Å²) >= 11 is 0. The van der Waals surface area contributed by atoms with Crippen LogP contribution in [0.1, 0.15) is 5.56 Å². The van der Waals surface area contributed by atoms with Crippen LogP contribution in [0.2, 0.25) is 0 Å². The molecule has 5 nitrogen and oxygen atoms in total. The summed E-state index contributed by atoms with van der Waals surface area (Å²) in [6.07, 6.45) is 0. The van der Waals surface area contributed by atoms with Crippen molar-refractivity contribution in [1.29, 1.82) is 0 Å². The van der Waals surface area contributed by atoms with Gasteiger partial charge in [-0.2, -0.15) is 0 Å². The Morgan fingerprint density at radius 1 is 1.10 bits per heavy atom. The SMILES string of the molecule is COc1ccccc1NS(=O)(=O)Cc1ccccc1N. The van der Waals surface area contributed by atoms with Crippen LogP contribution in [0.5, 0.6) is 5.75 Å². The average Bonchev–Trinajstić information content (AvgIpc) is 2.41. The molecule has 0 aliphatic carbocycles. The van der Waals surface area contributed by atoms with Crippen molar-refractivity contribution in [3.8, 4) is 5.75 Å². The molecule has 6 heteroatoms. The van der Waals surface area contributed by atoms with Gasteiger partial charge in [0.15, 0.2) is 0 Å². The zero-order chi connectivity index (χ0) is 14.6. The molecule has 0 aromatic heterocycles. The molecule has 0 heterocycles. The maximum absolute atomic E-state index is 12.2. The van der Waals surface area contributed by atoms with Gasteiger partial charge in [-0.05, 0) is 23.8 Å². The fraction of sp³-hybridized carbons (Fsp3) is 0.143. The molecule has 0 saturated heterocycles. The van der Waals surface area contributed by atoms with Crippen LogP contribution in [-0.4, -0.2) is 15.5 Å². The number of sulfonamides is 1. The Kier molecular flexibility index (Phi) is 4.14. The van der Waals surface area contributed by atoms with Gasteiger partial charge in [-0.15, -0.1) is 0 Å². The monoisotopic (exact) mass is 292 g/mol. The van der Waals surface area contributed by atoms with Crippen molar-refractivity contribution < 1.29 is 13.2 Å². The molecule has 2 aromatic carbocycles. The first-order valence-corrected chi connectivity index (χ1v) is 7.64. The van der Waals surface area contributed by atoms with Crippen LogP contribution in [-0.2, 0) is 15.8 Å². The van der Waals surface area contributed by atoms with Gasteiger partial charge in [-0.25, -0.2) is 8.42 Å². The minimum absolute atomic E-state index is 0.183. The number of methoxy groups -OCH3 is 1. The zero-order valence-electron chi connectivity index (χ0n) is 11.0. The lowest BCUT2D eigenvalue weighted by molar-refractivity contribution is 0.417. The molecule has 0 saturated carbocycles. The summed E-state index contributed by atoms with van der Waals surface area (Å²) < 4.78 is 32.0. The van der Waals surface area contributed by atoms with Crippen LogP contribution in [0.15, 0.2) is 48.5 Å². The minimum atomic E-state index is -3.55. The summed E-state index contributed by atoms with van der Waals surface area (Å²) in [6.45, 7) is 0. The second-order valence-corrected chi connectivity index (χ2v) is 5.98. The van der Waals surface area contributed by atoms with E-state index in [1.807, 2.05) is 0 Å². The van der Waals surface area contributed by atoms with Crippen LogP contribution in [0.4, 0.5) is 11.4 Å². The number of para-hydroxylation sites is 3. The summed E-state index contributed by atoms with van der Waals surface area (Å²) in [7, 11) is -2.06. The van der Waals surface area contributed by atoms with Crippen molar-refractivity contribution >= 4 is 21.4 Å². The van der Waals surface area contributed by atoms with Crippen LogP contribution in [0.3, 0.4) is 0 Å². The lowest BCUT2D eigenvalue weighted by Gasteiger charge is -2.12. The van der Waals surface area contributed by atoms with Gasteiger partial charge in [0.2, 0.25) is 10.0 Å². The number of nitrogens with one attached hydrogen (secondary N) is 1. The molecule has 0 aliphatic heterocycles. The van der Waals surface area contributed by atoms with Gasteiger partial charge < -0.3 is 10.5 Å². The molecule has 3 N–H and O–H groups in total. The number of benzene rings is 2. The molecule has 0 radical (unpaired) electrons. The topological polar surface area (TPSA) is 81.4 Å². The van der Waals surface area contributed by atoms with Crippen molar-refractivity contribution in [2.24, 2.45) is 0 Å². The molecule has 0 unspecified atom stereocenters. The summed E-state index contributed by atoms with van der Waals surface area (Å²) in [5.41, 5.74) is 7.19. The summed E-state index contributed by atoms with van der Waals surface area (Å²) in [5.74, 6) is 0.287.